The fourth-order valence-corrected chi connectivity index (χ4v) is 4.21. The largest absolute Gasteiger partial charge is 0.497 e. The fraction of sp³-hybridized carbons (Fsp3) is 0.208. The van der Waals surface area contributed by atoms with Gasteiger partial charge >= 0.3 is 6.03 Å². The minimum Gasteiger partial charge on any atom is -0.497 e. The minimum absolute atomic E-state index is 0. The van der Waals surface area contributed by atoms with E-state index in [1.165, 1.54) is 25.0 Å². The summed E-state index contributed by atoms with van der Waals surface area (Å²) >= 11 is 0. The molecule has 2 aromatic rings. The van der Waals surface area contributed by atoms with E-state index in [0.717, 1.165) is 6.08 Å². The Morgan fingerprint density at radius 1 is 1.21 bits per heavy atom. The molecule has 34 heavy (non-hydrogen) atoms. The van der Waals surface area contributed by atoms with E-state index in [0.29, 0.717) is 22.6 Å². The zero-order chi connectivity index (χ0) is 25.3. The molecule has 1 aromatic carbocycles. The lowest BCUT2D eigenvalue weighted by atomic mass is 10.1. The van der Waals surface area contributed by atoms with Crippen LogP contribution in [0.5, 0.6) is 5.75 Å². The van der Waals surface area contributed by atoms with E-state index in [1.54, 1.807) is 55.8 Å². The Labute approximate surface area is 202 Å². The third-order valence-corrected chi connectivity index (χ3v) is 6.47. The number of allylic oxidation sites excluding steroid dienone is 3. The number of hydrogen-bond donors (Lipinski definition) is 2. The van der Waals surface area contributed by atoms with Crippen LogP contribution < -0.4 is 19.7 Å². The van der Waals surface area contributed by atoms with Crippen LogP contribution in [0.4, 0.5) is 10.5 Å². The molecule has 1 heterocycles. The number of likely N-dealkylation sites (N-methyl/N-ethyl adjacent to an activating group) is 1. The molecule has 3 amide bonds. The number of ether oxygens (including phenoxy) is 1. The lowest BCUT2D eigenvalue weighted by Crippen LogP contribution is -2.52. The number of nitrogens with zero attached hydrogens (tertiary/aromatic N) is 2. The maximum absolute atomic E-state index is 13.3. The summed E-state index contributed by atoms with van der Waals surface area (Å²) in [5, 5.41) is 2.47. The molecule has 0 saturated heterocycles. The molecule has 0 bridgehead atoms. The molecule has 2 N–H and O–H groups in total. The smallest absolute Gasteiger partial charge is 0.329 e. The van der Waals surface area contributed by atoms with Crippen molar-refractivity contribution >= 4 is 27.6 Å². The van der Waals surface area contributed by atoms with Crippen molar-refractivity contribution in [1.29, 1.82) is 0 Å². The van der Waals surface area contributed by atoms with E-state index in [9.17, 15) is 18.0 Å². The molecule has 0 aliphatic heterocycles. The van der Waals surface area contributed by atoms with Crippen LogP contribution in [-0.2, 0) is 21.2 Å². The Hall–Kier alpha value is -3.92. The molecular formula is C24H32N4O5S. The topological polar surface area (TPSA) is 118 Å². The van der Waals surface area contributed by atoms with Gasteiger partial charge in [-0.15, -0.1) is 0 Å². The van der Waals surface area contributed by atoms with E-state index in [2.05, 4.69) is 23.5 Å². The van der Waals surface area contributed by atoms with Gasteiger partial charge in [0.2, 0.25) is 5.91 Å². The number of hydrogen-bond acceptors (Lipinski definition) is 6. The zero-order valence-corrected chi connectivity index (χ0v) is 20.1. The number of amides is 3. The monoisotopic (exact) mass is 488 g/mol. The number of aromatic nitrogens is 1. The first-order valence-electron chi connectivity index (χ1n) is 10.2. The van der Waals surface area contributed by atoms with Crippen molar-refractivity contribution in [2.24, 2.45) is 0 Å². The van der Waals surface area contributed by atoms with Gasteiger partial charge in [0.15, 0.2) is 0 Å². The summed E-state index contributed by atoms with van der Waals surface area (Å²) in [6.45, 7) is 8.55. The minimum atomic E-state index is -4.23. The van der Waals surface area contributed by atoms with Crippen LogP contribution in [0.15, 0.2) is 84.6 Å². The van der Waals surface area contributed by atoms with Crippen LogP contribution >= 0.6 is 0 Å². The van der Waals surface area contributed by atoms with Crippen molar-refractivity contribution in [1.82, 2.24) is 15.0 Å². The van der Waals surface area contributed by atoms with E-state index in [-0.39, 0.29) is 14.2 Å². The second-order valence-corrected chi connectivity index (χ2v) is 8.90. The van der Waals surface area contributed by atoms with Gasteiger partial charge < -0.3 is 15.0 Å². The quantitative estimate of drug-likeness (QED) is 0.495. The number of urea groups is 1. The van der Waals surface area contributed by atoms with Crippen molar-refractivity contribution in [2.75, 3.05) is 19.1 Å². The first kappa shape index (κ1) is 26.3. The highest BCUT2D eigenvalue weighted by Gasteiger charge is 2.28. The van der Waals surface area contributed by atoms with E-state index < -0.39 is 28.0 Å². The Bertz CT molecular complexity index is 1190. The highest BCUT2D eigenvalue weighted by molar-refractivity contribution is 7.94. The van der Waals surface area contributed by atoms with E-state index in [4.69, 9.17) is 4.74 Å². The Kier molecular flexibility index (Phi) is 9.14. The predicted molar refractivity (Wildman–Crippen MR) is 136 cm³/mol. The highest BCUT2D eigenvalue weighted by Crippen LogP contribution is 2.19. The molecule has 0 radical (unpaired) electrons. The Morgan fingerprint density at radius 3 is 2.41 bits per heavy atom. The standard InChI is InChI=1S/C24H28N4O5S.2H2/c1-6-17(3)22(7-2)34(31,32)27-24(30)26-21(15-18-9-8-14-25-16-18)23(29)28(4)19-10-12-20(33-5)13-11-19;;/h6-14,16,21H,1-2,15H2,3-5H3,(H2,26,27,30);2*1H/b22-17+;;/t21-;;/m0../s1. The number of pyridine rings is 1. The summed E-state index contributed by atoms with van der Waals surface area (Å²) in [5.74, 6) is 0.170. The van der Waals surface area contributed by atoms with Crippen molar-refractivity contribution in [3.8, 4) is 5.75 Å². The zero-order valence-electron chi connectivity index (χ0n) is 19.3. The Balaban J connectivity index is 0.00000612. The molecule has 0 spiro atoms. The number of methoxy groups -OCH3 is 1. The molecule has 9 nitrogen and oxygen atoms in total. The van der Waals surface area contributed by atoms with Crippen molar-refractivity contribution in [2.45, 2.75) is 19.4 Å². The van der Waals surface area contributed by atoms with Gasteiger partial charge in [-0.3, -0.25) is 9.78 Å². The summed E-state index contributed by atoms with van der Waals surface area (Å²) < 4.78 is 32.3. The second-order valence-electron chi connectivity index (χ2n) is 7.25. The van der Waals surface area contributed by atoms with Gasteiger partial charge in [-0.1, -0.05) is 25.3 Å². The molecule has 0 fully saturated rings. The number of carbonyl (C=O) groups excluding carboxylic acids is 2. The van der Waals surface area contributed by atoms with Crippen LogP contribution in [0.3, 0.4) is 0 Å². The first-order valence-corrected chi connectivity index (χ1v) is 11.7. The number of anilines is 1. The second kappa shape index (κ2) is 11.8. The third-order valence-electron chi connectivity index (χ3n) is 4.95. The fourth-order valence-electron chi connectivity index (χ4n) is 3.07. The molecule has 0 saturated carbocycles. The van der Waals surface area contributed by atoms with Gasteiger partial charge in [0, 0.05) is 34.4 Å². The molecular weight excluding hydrogens is 456 g/mol. The SMILES string of the molecule is C=C/C(C)=C(\C=C)S(=O)(=O)NC(=O)N[C@@H](Cc1cccnc1)C(=O)N(C)c1ccc(OC)cc1.[HH].[HH]. The first-order chi connectivity index (χ1) is 16.1. The molecule has 0 unspecified atom stereocenters. The summed E-state index contributed by atoms with van der Waals surface area (Å²) in [5.41, 5.74) is 1.56. The third kappa shape index (κ3) is 6.79. The molecule has 0 aliphatic rings. The van der Waals surface area contributed by atoms with Crippen LogP contribution in [0.2, 0.25) is 0 Å². The van der Waals surface area contributed by atoms with E-state index in [1.807, 2.05) is 4.72 Å². The van der Waals surface area contributed by atoms with Gasteiger partial charge in [-0.05, 0) is 54.5 Å². The van der Waals surface area contributed by atoms with Crippen molar-refractivity contribution < 1.29 is 25.6 Å². The van der Waals surface area contributed by atoms with Crippen LogP contribution in [0, 0.1) is 0 Å². The maximum atomic E-state index is 13.3. The van der Waals surface area contributed by atoms with Crippen LogP contribution in [0.1, 0.15) is 15.3 Å². The highest BCUT2D eigenvalue weighted by atomic mass is 32.2. The molecule has 2 rings (SSSR count). The molecule has 184 valence electrons. The van der Waals surface area contributed by atoms with Crippen LogP contribution in [0.25, 0.3) is 0 Å². The van der Waals surface area contributed by atoms with Crippen molar-refractivity contribution in [3.63, 3.8) is 0 Å². The van der Waals surface area contributed by atoms with E-state index >= 15 is 0 Å². The number of sulfonamides is 1. The van der Waals surface area contributed by atoms with Gasteiger partial charge in [0.1, 0.15) is 11.8 Å². The van der Waals surface area contributed by atoms with Gasteiger partial charge in [-0.25, -0.2) is 17.9 Å². The van der Waals surface area contributed by atoms with Gasteiger partial charge in [-0.2, -0.15) is 0 Å². The number of rotatable bonds is 10. The maximum Gasteiger partial charge on any atom is 0.329 e. The summed E-state index contributed by atoms with van der Waals surface area (Å²) in [4.78, 5) is 31.1. The molecule has 1 aromatic heterocycles. The Morgan fingerprint density at radius 2 is 1.88 bits per heavy atom. The predicted octanol–water partition coefficient (Wildman–Crippen LogP) is 3.43. The lowest BCUT2D eigenvalue weighted by molar-refractivity contribution is -0.120. The van der Waals surface area contributed by atoms with Crippen molar-refractivity contribution in [3.05, 3.63) is 90.1 Å². The normalized spacial score (nSPS) is 12.6. The summed E-state index contributed by atoms with van der Waals surface area (Å²) in [6.07, 6.45) is 5.70. The number of benzene rings is 1. The molecule has 0 aliphatic carbocycles. The summed E-state index contributed by atoms with van der Waals surface area (Å²) in [6, 6.07) is 8.12. The van der Waals surface area contributed by atoms with Gasteiger partial charge in [0.25, 0.3) is 10.0 Å². The van der Waals surface area contributed by atoms with Gasteiger partial charge in [0.05, 0.1) is 12.0 Å². The summed E-state index contributed by atoms with van der Waals surface area (Å²) in [7, 11) is -1.14. The lowest BCUT2D eigenvalue weighted by Gasteiger charge is -2.25. The molecule has 10 heteroatoms. The number of carbonyl (C=O) groups is 2. The number of nitrogens with one attached hydrogen (secondary N) is 2. The van der Waals surface area contributed by atoms with Crippen LogP contribution in [-0.4, -0.2) is 45.5 Å². The average Bonchev–Trinajstić information content (AvgIpc) is 2.83. The molecule has 1 atom stereocenters. The average molecular weight is 489 g/mol.